The van der Waals surface area contributed by atoms with Crippen molar-refractivity contribution < 1.29 is 4.74 Å². The minimum Gasteiger partial charge on any atom is -0.493 e. The van der Waals surface area contributed by atoms with Gasteiger partial charge in [-0.1, -0.05) is 0 Å². The number of rotatable bonds is 4. The van der Waals surface area contributed by atoms with Crippen molar-refractivity contribution in [3.8, 4) is 18.1 Å². The number of anilines is 1. The topological polar surface area (TPSA) is 48.1 Å². The Labute approximate surface area is 101 Å². The van der Waals surface area contributed by atoms with Gasteiger partial charge in [0.25, 0.3) is 0 Å². The lowest BCUT2D eigenvalue weighted by molar-refractivity contribution is 0.316. The summed E-state index contributed by atoms with van der Waals surface area (Å²) in [7, 11) is 0. The lowest BCUT2D eigenvalue weighted by atomic mass is 10.2. The van der Waals surface area contributed by atoms with Crippen molar-refractivity contribution in [1.82, 2.24) is 4.98 Å². The summed E-state index contributed by atoms with van der Waals surface area (Å²) in [6.45, 7) is 0.609. The summed E-state index contributed by atoms with van der Waals surface area (Å²) in [4.78, 5) is 4.25. The number of aromatic nitrogens is 1. The Morgan fingerprint density at radius 2 is 2.24 bits per heavy atom. The highest BCUT2D eigenvalue weighted by Gasteiger charge is 2.05. The van der Waals surface area contributed by atoms with Crippen LogP contribution in [0.5, 0.6) is 5.75 Å². The number of terminal acetylenes is 1. The predicted molar refractivity (Wildman–Crippen MR) is 69.7 cm³/mol. The van der Waals surface area contributed by atoms with Crippen molar-refractivity contribution in [2.24, 2.45) is 0 Å². The van der Waals surface area contributed by atoms with E-state index in [4.69, 9.17) is 16.9 Å². The molecule has 2 aromatic rings. The van der Waals surface area contributed by atoms with Crippen LogP contribution >= 0.6 is 0 Å². The van der Waals surface area contributed by atoms with Crippen LogP contribution in [-0.4, -0.2) is 11.6 Å². The molecule has 0 aliphatic carbocycles. The smallest absolute Gasteiger partial charge is 0.128 e. The number of fused-ring (bicyclic) bond motifs is 1. The second kappa shape index (κ2) is 5.22. The highest BCUT2D eigenvalue weighted by Crippen LogP contribution is 2.28. The Kier molecular flexibility index (Phi) is 3.46. The van der Waals surface area contributed by atoms with Crippen molar-refractivity contribution in [2.75, 3.05) is 12.3 Å². The summed E-state index contributed by atoms with van der Waals surface area (Å²) in [5.74, 6) is 3.39. The molecule has 0 amide bonds. The second-order valence-corrected chi connectivity index (χ2v) is 3.71. The average molecular weight is 226 g/mol. The van der Waals surface area contributed by atoms with Crippen LogP contribution in [0.2, 0.25) is 0 Å². The van der Waals surface area contributed by atoms with Gasteiger partial charge in [-0.15, -0.1) is 12.3 Å². The van der Waals surface area contributed by atoms with Crippen molar-refractivity contribution in [3.05, 3.63) is 30.5 Å². The molecule has 0 aliphatic rings. The monoisotopic (exact) mass is 226 g/mol. The minimum atomic E-state index is 0.609. The van der Waals surface area contributed by atoms with Crippen LogP contribution in [0.4, 0.5) is 5.69 Å². The largest absolute Gasteiger partial charge is 0.493 e. The third-order valence-electron chi connectivity index (χ3n) is 2.48. The molecule has 2 N–H and O–H groups in total. The van der Waals surface area contributed by atoms with Crippen LogP contribution in [-0.2, 0) is 0 Å². The standard InChI is InChI=1S/C14H14N2O/c1-2-3-4-10-17-13-8-7-12(15)14-11(13)6-5-9-16-14/h1,5-9H,3-4,10,15H2. The summed E-state index contributed by atoms with van der Waals surface area (Å²) in [5, 5.41) is 0.938. The van der Waals surface area contributed by atoms with Crippen molar-refractivity contribution in [3.63, 3.8) is 0 Å². The van der Waals surface area contributed by atoms with E-state index in [1.165, 1.54) is 0 Å². The highest BCUT2D eigenvalue weighted by atomic mass is 16.5. The molecule has 1 heterocycles. The molecular weight excluding hydrogens is 212 g/mol. The van der Waals surface area contributed by atoms with Crippen LogP contribution in [0, 0.1) is 12.3 Å². The summed E-state index contributed by atoms with van der Waals surface area (Å²) >= 11 is 0. The SMILES string of the molecule is C#CCCCOc1ccc(N)c2ncccc12. The molecule has 0 aliphatic heterocycles. The van der Waals surface area contributed by atoms with E-state index in [0.717, 1.165) is 29.5 Å². The number of nitrogens with two attached hydrogens (primary N) is 1. The summed E-state index contributed by atoms with van der Waals surface area (Å²) in [5.41, 5.74) is 7.30. The second-order valence-electron chi connectivity index (χ2n) is 3.71. The number of unbranched alkanes of at least 4 members (excludes halogenated alkanes) is 1. The molecule has 0 fully saturated rings. The zero-order chi connectivity index (χ0) is 12.1. The molecule has 86 valence electrons. The van der Waals surface area contributed by atoms with E-state index in [9.17, 15) is 0 Å². The van der Waals surface area contributed by atoms with E-state index < -0.39 is 0 Å². The molecule has 1 aromatic carbocycles. The molecule has 2 rings (SSSR count). The Balaban J connectivity index is 2.23. The zero-order valence-corrected chi connectivity index (χ0v) is 9.52. The number of hydrogen-bond donors (Lipinski definition) is 1. The Morgan fingerprint density at radius 1 is 1.35 bits per heavy atom. The van der Waals surface area contributed by atoms with Gasteiger partial charge in [-0.05, 0) is 30.7 Å². The van der Waals surface area contributed by atoms with Crippen LogP contribution in [0.25, 0.3) is 10.9 Å². The van der Waals surface area contributed by atoms with Gasteiger partial charge >= 0.3 is 0 Å². The molecule has 0 saturated heterocycles. The van der Waals surface area contributed by atoms with Gasteiger partial charge in [0.2, 0.25) is 0 Å². The first kappa shape index (κ1) is 11.3. The predicted octanol–water partition coefficient (Wildman–Crippen LogP) is 2.61. The number of nitrogen functional groups attached to an aromatic ring is 1. The van der Waals surface area contributed by atoms with Gasteiger partial charge in [-0.3, -0.25) is 4.98 Å². The molecule has 0 saturated carbocycles. The summed E-state index contributed by atoms with van der Waals surface area (Å²) in [6.07, 6.45) is 8.49. The number of ether oxygens (including phenoxy) is 1. The molecule has 3 nitrogen and oxygen atoms in total. The van der Waals surface area contributed by atoms with E-state index in [1.807, 2.05) is 24.3 Å². The van der Waals surface area contributed by atoms with E-state index in [2.05, 4.69) is 10.9 Å². The van der Waals surface area contributed by atoms with Crippen LogP contribution < -0.4 is 10.5 Å². The fourth-order valence-corrected chi connectivity index (χ4v) is 1.65. The lowest BCUT2D eigenvalue weighted by Crippen LogP contribution is -1.99. The van der Waals surface area contributed by atoms with Crippen molar-refractivity contribution in [1.29, 1.82) is 0 Å². The Bertz CT molecular complexity index is 558. The molecule has 0 atom stereocenters. The Morgan fingerprint density at radius 3 is 3.06 bits per heavy atom. The fraction of sp³-hybridized carbons (Fsp3) is 0.214. The molecule has 17 heavy (non-hydrogen) atoms. The molecule has 0 bridgehead atoms. The van der Waals surface area contributed by atoms with Gasteiger partial charge < -0.3 is 10.5 Å². The van der Waals surface area contributed by atoms with Gasteiger partial charge in [-0.25, -0.2) is 0 Å². The zero-order valence-electron chi connectivity index (χ0n) is 9.52. The van der Waals surface area contributed by atoms with Crippen LogP contribution in [0.1, 0.15) is 12.8 Å². The highest BCUT2D eigenvalue weighted by molar-refractivity contribution is 5.93. The maximum Gasteiger partial charge on any atom is 0.128 e. The van der Waals surface area contributed by atoms with E-state index in [-0.39, 0.29) is 0 Å². The molecule has 0 unspecified atom stereocenters. The van der Waals surface area contributed by atoms with Crippen molar-refractivity contribution in [2.45, 2.75) is 12.8 Å². The van der Waals surface area contributed by atoms with Crippen molar-refractivity contribution >= 4 is 16.6 Å². The third kappa shape index (κ3) is 2.48. The van der Waals surface area contributed by atoms with Gasteiger partial charge in [0.05, 0.1) is 17.8 Å². The number of benzene rings is 1. The van der Waals surface area contributed by atoms with E-state index in [1.54, 1.807) is 6.20 Å². The first-order valence-corrected chi connectivity index (χ1v) is 5.52. The maximum atomic E-state index is 5.86. The third-order valence-corrected chi connectivity index (χ3v) is 2.48. The number of pyridine rings is 1. The molecular formula is C14H14N2O. The lowest BCUT2D eigenvalue weighted by Gasteiger charge is -2.09. The summed E-state index contributed by atoms with van der Waals surface area (Å²) < 4.78 is 5.69. The van der Waals surface area contributed by atoms with Gasteiger partial charge in [0.1, 0.15) is 5.75 Å². The van der Waals surface area contributed by atoms with Gasteiger partial charge in [-0.2, -0.15) is 0 Å². The Hall–Kier alpha value is -2.21. The normalized spacial score (nSPS) is 10.1. The molecule has 0 spiro atoms. The summed E-state index contributed by atoms with van der Waals surface area (Å²) in [6, 6.07) is 7.51. The molecule has 3 heteroatoms. The maximum absolute atomic E-state index is 5.86. The number of nitrogens with zero attached hydrogens (tertiary/aromatic N) is 1. The van der Waals surface area contributed by atoms with Crippen LogP contribution in [0.3, 0.4) is 0 Å². The van der Waals surface area contributed by atoms with Gasteiger partial charge in [0.15, 0.2) is 0 Å². The first-order chi connectivity index (χ1) is 8.33. The van der Waals surface area contributed by atoms with E-state index in [0.29, 0.717) is 12.3 Å². The number of hydrogen-bond acceptors (Lipinski definition) is 3. The quantitative estimate of drug-likeness (QED) is 0.495. The minimum absolute atomic E-state index is 0.609. The fourth-order valence-electron chi connectivity index (χ4n) is 1.65. The van der Waals surface area contributed by atoms with Crippen LogP contribution in [0.15, 0.2) is 30.5 Å². The first-order valence-electron chi connectivity index (χ1n) is 5.52. The molecule has 0 radical (unpaired) electrons. The molecule has 1 aromatic heterocycles. The average Bonchev–Trinajstić information content (AvgIpc) is 2.37. The van der Waals surface area contributed by atoms with E-state index >= 15 is 0 Å². The van der Waals surface area contributed by atoms with Gasteiger partial charge in [0, 0.05) is 18.0 Å².